The van der Waals surface area contributed by atoms with E-state index < -0.39 is 12.8 Å². The van der Waals surface area contributed by atoms with Crippen LogP contribution in [0.4, 0.5) is 4.39 Å². The Morgan fingerprint density at radius 1 is 1.89 bits per heavy atom. The number of aliphatic hydroxyl groups excluding tert-OH is 1. The molecule has 0 fully saturated rings. The number of halogens is 1. The van der Waals surface area contributed by atoms with E-state index >= 15 is 0 Å². The lowest BCUT2D eigenvalue weighted by Gasteiger charge is -1.97. The van der Waals surface area contributed by atoms with E-state index in [2.05, 4.69) is 15.2 Å². The number of alkyl halides is 1. The van der Waals surface area contributed by atoms with Crippen molar-refractivity contribution in [2.75, 3.05) is 6.67 Å². The Morgan fingerprint density at radius 3 is 3.11 bits per heavy atom. The number of aromatic nitrogens is 3. The Hall–Kier alpha value is -0.970. The van der Waals surface area contributed by atoms with Gasteiger partial charge in [0.1, 0.15) is 19.1 Å². The van der Waals surface area contributed by atoms with E-state index in [4.69, 9.17) is 5.11 Å². The van der Waals surface area contributed by atoms with Crippen molar-refractivity contribution in [1.29, 1.82) is 0 Å². The van der Waals surface area contributed by atoms with Crippen LogP contribution in [0.3, 0.4) is 0 Å². The summed E-state index contributed by atoms with van der Waals surface area (Å²) in [5, 5.41) is 14.5. The van der Waals surface area contributed by atoms with E-state index in [1.54, 1.807) is 0 Å². The number of H-pyrrole nitrogens is 1. The van der Waals surface area contributed by atoms with Gasteiger partial charge in [-0.15, -0.1) is 0 Å². The third-order valence-electron chi connectivity index (χ3n) is 0.895. The van der Waals surface area contributed by atoms with Gasteiger partial charge in [0.05, 0.1) is 0 Å². The molecule has 0 aromatic carbocycles. The molecule has 0 amide bonds. The van der Waals surface area contributed by atoms with Gasteiger partial charge in [0, 0.05) is 0 Å². The molecule has 1 heterocycles. The zero-order valence-corrected chi connectivity index (χ0v) is 4.58. The van der Waals surface area contributed by atoms with Crippen molar-refractivity contribution in [2.45, 2.75) is 6.10 Å². The highest BCUT2D eigenvalue weighted by atomic mass is 19.1. The third-order valence-corrected chi connectivity index (χ3v) is 0.895. The lowest BCUT2D eigenvalue weighted by Crippen LogP contribution is -2.01. The van der Waals surface area contributed by atoms with Gasteiger partial charge < -0.3 is 5.11 Å². The van der Waals surface area contributed by atoms with Gasteiger partial charge in [-0.05, 0) is 0 Å². The summed E-state index contributed by atoms with van der Waals surface area (Å²) in [5.41, 5.74) is 0. The molecule has 0 bridgehead atoms. The number of aliphatic hydroxyl groups is 1. The molecular formula is C4H6FN3O. The van der Waals surface area contributed by atoms with Crippen LogP contribution in [-0.4, -0.2) is 27.0 Å². The second-order valence-corrected chi connectivity index (χ2v) is 1.54. The van der Waals surface area contributed by atoms with Gasteiger partial charge in [0.15, 0.2) is 5.82 Å². The summed E-state index contributed by atoms with van der Waals surface area (Å²) in [6.07, 6.45) is 0.0568. The van der Waals surface area contributed by atoms with E-state index in [0.717, 1.165) is 0 Å². The van der Waals surface area contributed by atoms with Crippen molar-refractivity contribution in [1.82, 2.24) is 15.2 Å². The zero-order chi connectivity index (χ0) is 6.69. The van der Waals surface area contributed by atoms with Crippen LogP contribution in [0.5, 0.6) is 0 Å². The van der Waals surface area contributed by atoms with Gasteiger partial charge >= 0.3 is 0 Å². The molecule has 1 rings (SSSR count). The topological polar surface area (TPSA) is 61.8 Å². The minimum absolute atomic E-state index is 0.164. The van der Waals surface area contributed by atoms with Gasteiger partial charge in [-0.2, -0.15) is 5.10 Å². The molecule has 0 saturated heterocycles. The molecule has 4 nitrogen and oxygen atoms in total. The average molecular weight is 131 g/mol. The summed E-state index contributed by atoms with van der Waals surface area (Å²) in [4.78, 5) is 3.53. The van der Waals surface area contributed by atoms with E-state index in [1.165, 1.54) is 6.33 Å². The van der Waals surface area contributed by atoms with Crippen molar-refractivity contribution in [2.24, 2.45) is 0 Å². The van der Waals surface area contributed by atoms with Crippen molar-refractivity contribution >= 4 is 0 Å². The van der Waals surface area contributed by atoms with Gasteiger partial charge in [-0.3, -0.25) is 5.10 Å². The second kappa shape index (κ2) is 2.54. The molecule has 1 unspecified atom stereocenters. The summed E-state index contributed by atoms with van der Waals surface area (Å²) >= 11 is 0. The van der Waals surface area contributed by atoms with E-state index in [-0.39, 0.29) is 5.82 Å². The van der Waals surface area contributed by atoms with Crippen LogP contribution in [0.2, 0.25) is 0 Å². The fourth-order valence-corrected chi connectivity index (χ4v) is 0.449. The third kappa shape index (κ3) is 1.23. The fourth-order valence-electron chi connectivity index (χ4n) is 0.449. The van der Waals surface area contributed by atoms with Crippen LogP contribution in [0, 0.1) is 0 Å². The van der Waals surface area contributed by atoms with Crippen molar-refractivity contribution in [3.8, 4) is 0 Å². The molecule has 5 heteroatoms. The molecular weight excluding hydrogens is 125 g/mol. The molecule has 0 spiro atoms. The SMILES string of the molecule is OC(CF)c1ncn[nH]1. The number of nitrogens with zero attached hydrogens (tertiary/aromatic N) is 2. The maximum atomic E-state index is 11.6. The highest BCUT2D eigenvalue weighted by Crippen LogP contribution is 2.03. The van der Waals surface area contributed by atoms with Crippen LogP contribution < -0.4 is 0 Å². The van der Waals surface area contributed by atoms with Crippen LogP contribution in [-0.2, 0) is 0 Å². The molecule has 0 aliphatic rings. The van der Waals surface area contributed by atoms with Crippen molar-refractivity contribution in [3.05, 3.63) is 12.2 Å². The second-order valence-electron chi connectivity index (χ2n) is 1.54. The van der Waals surface area contributed by atoms with E-state index in [9.17, 15) is 4.39 Å². The smallest absolute Gasteiger partial charge is 0.155 e. The van der Waals surface area contributed by atoms with E-state index in [1.807, 2.05) is 0 Å². The van der Waals surface area contributed by atoms with Gasteiger partial charge in [-0.25, -0.2) is 9.37 Å². The highest BCUT2D eigenvalue weighted by molar-refractivity contribution is 4.85. The van der Waals surface area contributed by atoms with Crippen LogP contribution in [0.25, 0.3) is 0 Å². The fraction of sp³-hybridized carbons (Fsp3) is 0.500. The predicted octanol–water partition coefficient (Wildman–Crippen LogP) is -0.192. The summed E-state index contributed by atoms with van der Waals surface area (Å²) in [5.74, 6) is 0.164. The number of hydrogen-bond donors (Lipinski definition) is 2. The quantitative estimate of drug-likeness (QED) is 0.584. The number of nitrogens with one attached hydrogen (secondary N) is 1. The summed E-state index contributed by atoms with van der Waals surface area (Å²) in [6.45, 7) is -0.838. The molecule has 9 heavy (non-hydrogen) atoms. The van der Waals surface area contributed by atoms with Gasteiger partial charge in [0.2, 0.25) is 0 Å². The number of aromatic amines is 1. The number of rotatable bonds is 2. The lowest BCUT2D eigenvalue weighted by molar-refractivity contribution is 0.133. The maximum Gasteiger partial charge on any atom is 0.155 e. The molecule has 0 saturated carbocycles. The van der Waals surface area contributed by atoms with Crippen LogP contribution >= 0.6 is 0 Å². The Kier molecular flexibility index (Phi) is 1.74. The highest BCUT2D eigenvalue weighted by Gasteiger charge is 2.07. The molecule has 0 radical (unpaired) electrons. The average Bonchev–Trinajstić information content (AvgIpc) is 2.37. The summed E-state index contributed by atoms with van der Waals surface area (Å²) < 4.78 is 11.6. The maximum absolute atomic E-state index is 11.6. The predicted molar refractivity (Wildman–Crippen MR) is 27.3 cm³/mol. The summed E-state index contributed by atoms with van der Waals surface area (Å²) in [6, 6.07) is 0. The minimum Gasteiger partial charge on any atom is -0.382 e. The number of hydrogen-bond acceptors (Lipinski definition) is 3. The Bertz CT molecular complexity index is 164. The zero-order valence-electron chi connectivity index (χ0n) is 4.58. The molecule has 1 aromatic heterocycles. The minimum atomic E-state index is -1.16. The molecule has 0 aliphatic carbocycles. The first-order valence-corrected chi connectivity index (χ1v) is 2.44. The van der Waals surface area contributed by atoms with Crippen molar-refractivity contribution in [3.63, 3.8) is 0 Å². The molecule has 1 aromatic rings. The van der Waals surface area contributed by atoms with Crippen LogP contribution in [0.15, 0.2) is 6.33 Å². The molecule has 2 N–H and O–H groups in total. The Morgan fingerprint density at radius 2 is 2.67 bits per heavy atom. The van der Waals surface area contributed by atoms with Crippen LogP contribution in [0.1, 0.15) is 11.9 Å². The first-order chi connectivity index (χ1) is 4.34. The molecule has 50 valence electrons. The largest absolute Gasteiger partial charge is 0.382 e. The molecule has 0 aliphatic heterocycles. The van der Waals surface area contributed by atoms with E-state index in [0.29, 0.717) is 0 Å². The first kappa shape index (κ1) is 6.15. The molecule has 1 atom stereocenters. The monoisotopic (exact) mass is 131 g/mol. The lowest BCUT2D eigenvalue weighted by atomic mass is 10.4. The normalized spacial score (nSPS) is 13.6. The Balaban J connectivity index is 2.65. The van der Waals surface area contributed by atoms with Gasteiger partial charge in [-0.1, -0.05) is 0 Å². The first-order valence-electron chi connectivity index (χ1n) is 2.44. The summed E-state index contributed by atoms with van der Waals surface area (Å²) in [7, 11) is 0. The van der Waals surface area contributed by atoms with Gasteiger partial charge in [0.25, 0.3) is 0 Å². The standard InChI is InChI=1S/C4H6FN3O/c5-1-3(9)4-6-2-7-8-4/h2-3,9H,1H2,(H,6,7,8). The Labute approximate surface area is 50.7 Å². The van der Waals surface area contributed by atoms with Crippen molar-refractivity contribution < 1.29 is 9.50 Å².